The maximum atomic E-state index is 13.9. The number of nitrogens with zero attached hydrogens (tertiary/aromatic N) is 1. The highest BCUT2D eigenvalue weighted by atomic mass is 32.1. The third-order valence-electron chi connectivity index (χ3n) is 4.54. The quantitative estimate of drug-likeness (QED) is 0.790. The van der Waals surface area contributed by atoms with E-state index in [0.717, 1.165) is 19.3 Å². The molecular weight excluding hydrogens is 329 g/mol. The van der Waals surface area contributed by atoms with Crippen LogP contribution in [0.5, 0.6) is 0 Å². The summed E-state index contributed by atoms with van der Waals surface area (Å²) in [5, 5.41) is 0.449. The van der Waals surface area contributed by atoms with E-state index in [9.17, 15) is 14.0 Å². The predicted molar refractivity (Wildman–Crippen MR) is 91.8 cm³/mol. The number of benzene rings is 1. The Hall–Kier alpha value is -1.95. The highest BCUT2D eigenvalue weighted by molar-refractivity contribution is 7.21. The fourth-order valence-electron chi connectivity index (χ4n) is 3.19. The number of hydrogen-bond acceptors (Lipinski definition) is 4. The summed E-state index contributed by atoms with van der Waals surface area (Å²) in [6.45, 7) is 4.16. The molecule has 1 aromatic heterocycles. The largest absolute Gasteiger partial charge is 0.451 e. The van der Waals surface area contributed by atoms with Crippen molar-refractivity contribution < 1.29 is 18.7 Å². The lowest BCUT2D eigenvalue weighted by molar-refractivity contribution is -0.137. The fourth-order valence-corrected chi connectivity index (χ4v) is 4.31. The molecule has 2 heterocycles. The van der Waals surface area contributed by atoms with Gasteiger partial charge < -0.3 is 9.64 Å². The Morgan fingerprint density at radius 2 is 2.17 bits per heavy atom. The van der Waals surface area contributed by atoms with Gasteiger partial charge in [-0.2, -0.15) is 0 Å². The Balaban J connectivity index is 1.70. The van der Waals surface area contributed by atoms with E-state index in [2.05, 4.69) is 0 Å². The second-order valence-electron chi connectivity index (χ2n) is 6.18. The highest BCUT2D eigenvalue weighted by Gasteiger charge is 2.25. The van der Waals surface area contributed by atoms with Crippen LogP contribution in [-0.4, -0.2) is 36.0 Å². The van der Waals surface area contributed by atoms with E-state index in [1.165, 1.54) is 17.4 Å². The van der Waals surface area contributed by atoms with E-state index in [-0.39, 0.29) is 24.4 Å². The van der Waals surface area contributed by atoms with E-state index in [1.807, 2.05) is 6.92 Å². The van der Waals surface area contributed by atoms with Crippen molar-refractivity contribution in [2.45, 2.75) is 39.2 Å². The number of thiophene rings is 1. The molecule has 1 fully saturated rings. The summed E-state index contributed by atoms with van der Waals surface area (Å²) in [6, 6.07) is 4.95. The number of halogens is 1. The molecule has 4 nitrogen and oxygen atoms in total. The van der Waals surface area contributed by atoms with E-state index in [4.69, 9.17) is 4.74 Å². The topological polar surface area (TPSA) is 46.6 Å². The first kappa shape index (κ1) is 16.9. The smallest absolute Gasteiger partial charge is 0.349 e. The molecule has 6 heteroatoms. The lowest BCUT2D eigenvalue weighted by atomic mass is 10.0. The minimum absolute atomic E-state index is 0.166. The van der Waals surface area contributed by atoms with Crippen LogP contribution in [0.1, 0.15) is 41.4 Å². The molecule has 3 rings (SSSR count). The van der Waals surface area contributed by atoms with Crippen molar-refractivity contribution >= 4 is 33.3 Å². The third kappa shape index (κ3) is 3.15. The van der Waals surface area contributed by atoms with Crippen molar-refractivity contribution in [1.29, 1.82) is 0 Å². The van der Waals surface area contributed by atoms with Gasteiger partial charge in [-0.3, -0.25) is 4.79 Å². The van der Waals surface area contributed by atoms with Gasteiger partial charge in [0.2, 0.25) is 0 Å². The van der Waals surface area contributed by atoms with Crippen LogP contribution in [0.25, 0.3) is 10.1 Å². The van der Waals surface area contributed by atoms with Crippen molar-refractivity contribution in [3.63, 3.8) is 0 Å². The molecule has 2 aromatic rings. The monoisotopic (exact) mass is 349 g/mol. The van der Waals surface area contributed by atoms with Gasteiger partial charge in [-0.15, -0.1) is 11.3 Å². The minimum atomic E-state index is -0.564. The summed E-state index contributed by atoms with van der Waals surface area (Å²) >= 11 is 1.19. The molecule has 0 spiro atoms. The second kappa shape index (κ2) is 6.89. The highest BCUT2D eigenvalue weighted by Crippen LogP contribution is 2.33. The molecule has 1 amide bonds. The molecule has 1 aliphatic heterocycles. The van der Waals surface area contributed by atoms with Gasteiger partial charge in [-0.05, 0) is 50.8 Å². The van der Waals surface area contributed by atoms with E-state index in [1.54, 1.807) is 24.0 Å². The van der Waals surface area contributed by atoms with Crippen molar-refractivity contribution in [3.05, 3.63) is 34.5 Å². The summed E-state index contributed by atoms with van der Waals surface area (Å²) in [4.78, 5) is 26.7. The molecule has 1 atom stereocenters. The average Bonchev–Trinajstić information content (AvgIpc) is 2.91. The third-order valence-corrected chi connectivity index (χ3v) is 5.78. The second-order valence-corrected chi connectivity index (χ2v) is 7.23. The molecular formula is C18H20FNO3S. The number of carbonyl (C=O) groups is 2. The molecule has 24 heavy (non-hydrogen) atoms. The lowest BCUT2D eigenvalue weighted by Gasteiger charge is -2.33. The molecule has 1 saturated heterocycles. The first-order valence-corrected chi connectivity index (χ1v) is 8.95. The van der Waals surface area contributed by atoms with Crippen LogP contribution in [0.3, 0.4) is 0 Å². The number of esters is 1. The summed E-state index contributed by atoms with van der Waals surface area (Å²) in [5.41, 5.74) is 0.567. The molecule has 0 saturated carbocycles. The van der Waals surface area contributed by atoms with Gasteiger partial charge in [0, 0.05) is 22.7 Å². The van der Waals surface area contributed by atoms with Gasteiger partial charge in [0.05, 0.1) is 0 Å². The molecule has 0 unspecified atom stereocenters. The van der Waals surface area contributed by atoms with Gasteiger partial charge in [0.15, 0.2) is 6.61 Å². The zero-order valence-corrected chi connectivity index (χ0v) is 14.6. The maximum absolute atomic E-state index is 13.9. The maximum Gasteiger partial charge on any atom is 0.349 e. The van der Waals surface area contributed by atoms with E-state index >= 15 is 0 Å². The SMILES string of the molecule is Cc1c(C(=O)OCC(=O)N2CCCC[C@H]2C)sc2cccc(F)c12. The molecule has 0 bridgehead atoms. The van der Waals surface area contributed by atoms with Crippen molar-refractivity contribution in [2.75, 3.05) is 13.2 Å². The Labute approximate surface area is 144 Å². The van der Waals surface area contributed by atoms with Crippen LogP contribution < -0.4 is 0 Å². The molecule has 128 valence electrons. The zero-order chi connectivity index (χ0) is 17.3. The fraction of sp³-hybridized carbons (Fsp3) is 0.444. The van der Waals surface area contributed by atoms with Crippen molar-refractivity contribution in [3.8, 4) is 0 Å². The number of piperidine rings is 1. The number of fused-ring (bicyclic) bond motifs is 1. The van der Waals surface area contributed by atoms with Crippen LogP contribution in [0.15, 0.2) is 18.2 Å². The summed E-state index contributed by atoms with van der Waals surface area (Å²) in [7, 11) is 0. The van der Waals surface area contributed by atoms with Gasteiger partial charge in [0.25, 0.3) is 5.91 Å². The van der Waals surface area contributed by atoms with Crippen LogP contribution in [0.2, 0.25) is 0 Å². The molecule has 1 aromatic carbocycles. The average molecular weight is 349 g/mol. The van der Waals surface area contributed by atoms with Gasteiger partial charge in [-0.25, -0.2) is 9.18 Å². The first-order chi connectivity index (χ1) is 11.5. The van der Waals surface area contributed by atoms with Gasteiger partial charge in [-0.1, -0.05) is 6.07 Å². The Bertz CT molecular complexity index is 786. The Morgan fingerprint density at radius 1 is 1.38 bits per heavy atom. The minimum Gasteiger partial charge on any atom is -0.451 e. The number of carbonyl (C=O) groups excluding carboxylic acids is 2. The predicted octanol–water partition coefficient (Wildman–Crippen LogP) is 3.91. The molecule has 0 N–H and O–H groups in total. The lowest BCUT2D eigenvalue weighted by Crippen LogP contribution is -2.44. The molecule has 1 aliphatic rings. The Kier molecular flexibility index (Phi) is 4.85. The number of aryl methyl sites for hydroxylation is 1. The summed E-state index contributed by atoms with van der Waals surface area (Å²) in [5.74, 6) is -1.08. The van der Waals surface area contributed by atoms with Crippen LogP contribution in [-0.2, 0) is 9.53 Å². The summed E-state index contributed by atoms with van der Waals surface area (Å²) < 4.78 is 19.8. The van der Waals surface area contributed by atoms with Crippen LogP contribution in [0.4, 0.5) is 4.39 Å². The number of rotatable bonds is 3. The molecule has 0 radical (unpaired) electrons. The standard InChI is InChI=1S/C18H20FNO3S/c1-11-6-3-4-9-20(11)15(21)10-23-18(22)17-12(2)16-13(19)7-5-8-14(16)24-17/h5,7-8,11H,3-4,6,9-10H2,1-2H3/t11-/m1/s1. The van der Waals surface area contributed by atoms with E-state index < -0.39 is 5.97 Å². The number of amides is 1. The normalized spacial score (nSPS) is 18.0. The molecule has 0 aliphatic carbocycles. The Morgan fingerprint density at radius 3 is 2.88 bits per heavy atom. The summed E-state index contributed by atoms with van der Waals surface area (Å²) in [6.07, 6.45) is 3.09. The number of hydrogen-bond donors (Lipinski definition) is 0. The number of likely N-dealkylation sites (tertiary alicyclic amines) is 1. The van der Waals surface area contributed by atoms with Gasteiger partial charge in [0.1, 0.15) is 10.7 Å². The van der Waals surface area contributed by atoms with Crippen LogP contribution >= 0.6 is 11.3 Å². The van der Waals surface area contributed by atoms with E-state index in [0.29, 0.717) is 27.1 Å². The zero-order valence-electron chi connectivity index (χ0n) is 13.8. The number of ether oxygens (including phenoxy) is 1. The van der Waals surface area contributed by atoms with Gasteiger partial charge >= 0.3 is 5.97 Å². The first-order valence-electron chi connectivity index (χ1n) is 8.13. The van der Waals surface area contributed by atoms with Crippen LogP contribution in [0, 0.1) is 12.7 Å². The van der Waals surface area contributed by atoms with Crippen molar-refractivity contribution in [1.82, 2.24) is 4.90 Å². The van der Waals surface area contributed by atoms with Crippen molar-refractivity contribution in [2.24, 2.45) is 0 Å².